The number of rotatable bonds is 10. The van der Waals surface area contributed by atoms with Gasteiger partial charge in [-0.2, -0.15) is 0 Å². The van der Waals surface area contributed by atoms with Gasteiger partial charge in [0.15, 0.2) is 0 Å². The Morgan fingerprint density at radius 1 is 1.05 bits per heavy atom. The summed E-state index contributed by atoms with van der Waals surface area (Å²) in [6.07, 6.45) is 13.5. The first-order valence-corrected chi connectivity index (χ1v) is 23.5. The standard InChI is InChI=1S/C46H58N6O9S/c1-5-30-27-46(30,43(55)50-62(57,58)32-20-21-32)49-40(53)36-26-31-28-52(36)42(54)39(45(2,3)4)48-44(56)61-37-19-13-15-29(37)14-7-6-8-17-34-38(59-25-24-51-22-11-12-23-51)33-16-9-10-18-35(33)47-41(34)60-31/h5-6,8-12,16,18,22-23,29-32,36-37,39H,1,7,13-15,17,19-21,24-28H2,2-4H3,(H,48,56)(H,49,53)(H,50,55)/t29-,30-,31-,36+,37-,39-,46-/m1/s1. The molecule has 62 heavy (non-hydrogen) atoms. The van der Waals surface area contributed by atoms with Gasteiger partial charge in [0.05, 0.1) is 29.4 Å². The SMILES string of the molecule is C=C[C@@H]1C[C@]1(NC(=O)[C@@H]1C[C@@H]2CN1C(=O)[C@H](C(C)(C)C)NC(=O)O[C@@H]1CCC[C@H]1CCC=CCc1c(nc3ccccc3c1OCCn1cccc1)O2)C(=O)NS(=O)(=O)C1CC1. The summed E-state index contributed by atoms with van der Waals surface area (Å²) in [5.41, 5.74) is -1.02. The number of pyridine rings is 1. The summed E-state index contributed by atoms with van der Waals surface area (Å²) in [6, 6.07) is 9.32. The minimum atomic E-state index is -3.92. The van der Waals surface area contributed by atoms with Crippen LogP contribution in [-0.2, 0) is 42.1 Å². The molecule has 3 N–H and O–H groups in total. The Bertz CT molecular complexity index is 2340. The van der Waals surface area contributed by atoms with E-state index in [2.05, 4.69) is 34.1 Å². The molecule has 2 aromatic heterocycles. The maximum Gasteiger partial charge on any atom is 0.408 e. The van der Waals surface area contributed by atoms with Crippen LogP contribution in [0.3, 0.4) is 0 Å². The molecule has 2 aliphatic heterocycles. The van der Waals surface area contributed by atoms with E-state index in [-0.39, 0.29) is 31.4 Å². The average Bonchev–Trinajstić information content (AvgIpc) is 4.03. The lowest BCUT2D eigenvalue weighted by atomic mass is 9.85. The van der Waals surface area contributed by atoms with Gasteiger partial charge in [-0.3, -0.25) is 19.1 Å². The number of ether oxygens (including phenoxy) is 3. The van der Waals surface area contributed by atoms with Crippen molar-refractivity contribution in [2.75, 3.05) is 13.2 Å². The van der Waals surface area contributed by atoms with Crippen LogP contribution in [0, 0.1) is 17.3 Å². The van der Waals surface area contributed by atoms with Crippen molar-refractivity contribution in [3.63, 3.8) is 0 Å². The summed E-state index contributed by atoms with van der Waals surface area (Å²) in [6.45, 7) is 10.2. The van der Waals surface area contributed by atoms with E-state index in [1.165, 1.54) is 11.0 Å². The molecule has 4 amide bonds. The van der Waals surface area contributed by atoms with Crippen molar-refractivity contribution >= 4 is 44.7 Å². The van der Waals surface area contributed by atoms with Crippen LogP contribution in [0.15, 0.2) is 73.6 Å². The number of nitrogens with zero attached hydrogens (tertiary/aromatic N) is 3. The van der Waals surface area contributed by atoms with Crippen LogP contribution in [0.5, 0.6) is 11.6 Å². The third-order valence-electron chi connectivity index (χ3n) is 13.0. The van der Waals surface area contributed by atoms with Crippen molar-refractivity contribution in [2.45, 2.75) is 127 Å². The van der Waals surface area contributed by atoms with E-state index in [0.717, 1.165) is 43.1 Å². The number of sulfonamides is 1. The Hall–Kier alpha value is -5.38. The zero-order chi connectivity index (χ0) is 43.8. The summed E-state index contributed by atoms with van der Waals surface area (Å²) in [7, 11) is -3.92. The highest BCUT2D eigenvalue weighted by Crippen LogP contribution is 2.46. The summed E-state index contributed by atoms with van der Waals surface area (Å²) in [5, 5.41) is 5.88. The topological polar surface area (TPSA) is 187 Å². The Kier molecular flexibility index (Phi) is 12.2. The second-order valence-corrected chi connectivity index (χ2v) is 20.5. The van der Waals surface area contributed by atoms with Crippen LogP contribution >= 0.6 is 0 Å². The number of nitrogens with one attached hydrogen (secondary N) is 3. The van der Waals surface area contributed by atoms with Crippen molar-refractivity contribution in [1.82, 2.24) is 29.8 Å². The van der Waals surface area contributed by atoms with Gasteiger partial charge >= 0.3 is 6.09 Å². The van der Waals surface area contributed by atoms with Gasteiger partial charge in [0.25, 0.3) is 5.91 Å². The number of amides is 4. The van der Waals surface area contributed by atoms with Crippen molar-refractivity contribution < 1.29 is 41.8 Å². The Labute approximate surface area is 363 Å². The van der Waals surface area contributed by atoms with Crippen molar-refractivity contribution in [3.8, 4) is 11.6 Å². The fourth-order valence-electron chi connectivity index (χ4n) is 9.19. The van der Waals surface area contributed by atoms with E-state index >= 15 is 0 Å². The fourth-order valence-corrected chi connectivity index (χ4v) is 10.6. The number of fused-ring (bicyclic) bond motifs is 5. The summed E-state index contributed by atoms with van der Waals surface area (Å²) in [4.78, 5) is 63.3. The Morgan fingerprint density at radius 3 is 2.55 bits per heavy atom. The van der Waals surface area contributed by atoms with Gasteiger partial charge in [-0.15, -0.1) is 6.58 Å². The lowest BCUT2D eigenvalue weighted by Gasteiger charge is -2.35. The van der Waals surface area contributed by atoms with Crippen molar-refractivity contribution in [3.05, 3.63) is 79.2 Å². The number of hydrogen-bond donors (Lipinski definition) is 3. The smallest absolute Gasteiger partial charge is 0.408 e. The van der Waals surface area contributed by atoms with Crippen LogP contribution < -0.4 is 24.8 Å². The zero-order valence-corrected chi connectivity index (χ0v) is 36.5. The highest BCUT2D eigenvalue weighted by Gasteiger charge is 2.62. The van der Waals surface area contributed by atoms with E-state index in [1.807, 2.05) is 74.1 Å². The molecule has 332 valence electrons. The minimum absolute atomic E-state index is 0.00701. The number of hydrogen-bond acceptors (Lipinski definition) is 10. The van der Waals surface area contributed by atoms with Gasteiger partial charge in [0, 0.05) is 30.1 Å². The monoisotopic (exact) mass is 870 g/mol. The Balaban J connectivity index is 1.16. The molecule has 8 rings (SSSR count). The molecule has 5 aliphatic rings. The Morgan fingerprint density at radius 2 is 1.82 bits per heavy atom. The van der Waals surface area contributed by atoms with Gasteiger partial charge in [-0.05, 0) is 93.4 Å². The normalized spacial score (nSPS) is 28.0. The van der Waals surface area contributed by atoms with Crippen LogP contribution in [0.25, 0.3) is 10.9 Å². The molecule has 1 aromatic carbocycles. The lowest BCUT2D eigenvalue weighted by molar-refractivity contribution is -0.143. The first kappa shape index (κ1) is 43.3. The van der Waals surface area contributed by atoms with Gasteiger partial charge in [-0.1, -0.05) is 51.1 Å². The maximum atomic E-state index is 14.9. The number of benzene rings is 1. The molecule has 16 heteroatoms. The zero-order valence-electron chi connectivity index (χ0n) is 35.7. The van der Waals surface area contributed by atoms with E-state index < -0.39 is 74.1 Å². The molecule has 1 saturated heterocycles. The van der Waals surface area contributed by atoms with E-state index in [4.69, 9.17) is 19.2 Å². The van der Waals surface area contributed by atoms with Crippen LogP contribution in [-0.4, -0.2) is 94.9 Å². The number of alkyl carbamates (subject to hydrolysis) is 1. The third-order valence-corrected chi connectivity index (χ3v) is 14.8. The molecule has 4 heterocycles. The maximum absolute atomic E-state index is 14.9. The molecule has 7 atom stereocenters. The average molecular weight is 871 g/mol. The van der Waals surface area contributed by atoms with Crippen LogP contribution in [0.2, 0.25) is 0 Å². The van der Waals surface area contributed by atoms with Crippen molar-refractivity contribution in [1.29, 1.82) is 0 Å². The van der Waals surface area contributed by atoms with Gasteiger partial charge in [0.2, 0.25) is 27.7 Å². The number of aromatic nitrogens is 2. The van der Waals surface area contributed by atoms with Gasteiger partial charge in [-0.25, -0.2) is 18.2 Å². The predicted molar refractivity (Wildman–Crippen MR) is 232 cm³/mol. The highest BCUT2D eigenvalue weighted by atomic mass is 32.2. The molecule has 3 saturated carbocycles. The molecule has 15 nitrogen and oxygen atoms in total. The molecule has 0 spiro atoms. The molecular formula is C46H58N6O9S. The lowest BCUT2D eigenvalue weighted by Crippen LogP contribution is -2.60. The third kappa shape index (κ3) is 9.20. The van der Waals surface area contributed by atoms with Crippen molar-refractivity contribution in [2.24, 2.45) is 17.3 Å². The number of carbonyl (C=O) groups excluding carboxylic acids is 4. The molecule has 0 radical (unpaired) electrons. The molecule has 3 aliphatic carbocycles. The number of allylic oxidation sites excluding steroid dienone is 2. The summed E-state index contributed by atoms with van der Waals surface area (Å²) in [5.74, 6) is -1.47. The molecule has 3 aromatic rings. The first-order chi connectivity index (χ1) is 29.7. The van der Waals surface area contributed by atoms with Crippen LogP contribution in [0.1, 0.15) is 84.1 Å². The highest BCUT2D eigenvalue weighted by molar-refractivity contribution is 7.91. The minimum Gasteiger partial charge on any atom is -0.491 e. The molecular weight excluding hydrogens is 813 g/mol. The van der Waals surface area contributed by atoms with Gasteiger partial charge in [0.1, 0.15) is 42.2 Å². The van der Waals surface area contributed by atoms with E-state index in [9.17, 15) is 27.6 Å². The first-order valence-electron chi connectivity index (χ1n) is 21.9. The second-order valence-electron chi connectivity index (χ2n) is 18.5. The summed E-state index contributed by atoms with van der Waals surface area (Å²) >= 11 is 0. The van der Waals surface area contributed by atoms with E-state index in [1.54, 1.807) is 0 Å². The summed E-state index contributed by atoms with van der Waals surface area (Å²) < 4.78 is 49.4. The van der Waals surface area contributed by atoms with E-state index in [0.29, 0.717) is 49.6 Å². The van der Waals surface area contributed by atoms with Gasteiger partial charge < -0.3 is 34.3 Å². The number of para-hydroxylation sites is 1. The largest absolute Gasteiger partial charge is 0.491 e. The quantitative estimate of drug-likeness (QED) is 0.225. The predicted octanol–water partition coefficient (Wildman–Crippen LogP) is 5.34. The molecule has 2 bridgehead atoms. The second kappa shape index (κ2) is 17.4. The number of carbonyl (C=O) groups is 4. The van der Waals surface area contributed by atoms with Crippen LogP contribution in [0.4, 0.5) is 4.79 Å². The fraction of sp³-hybridized carbons (Fsp3) is 0.543. The molecule has 0 unspecified atom stereocenters. The molecule has 4 fully saturated rings.